The molecule has 1 aromatic heterocycles. The molecule has 142 valence electrons. The molecule has 0 unspecified atom stereocenters. The van der Waals surface area contributed by atoms with Crippen LogP contribution in [-0.4, -0.2) is 57.2 Å². The first-order chi connectivity index (χ1) is 9.70. The first kappa shape index (κ1) is 25.7. The topological polar surface area (TPSA) is 67.4 Å². The molecule has 1 aliphatic rings. The van der Waals surface area contributed by atoms with Crippen LogP contribution in [0.3, 0.4) is 0 Å². The van der Waals surface area contributed by atoms with E-state index in [9.17, 15) is 4.79 Å². The number of halogens is 3. The molecule has 0 bridgehead atoms. The van der Waals surface area contributed by atoms with Gasteiger partial charge in [0, 0.05) is 51.0 Å². The fourth-order valence-corrected chi connectivity index (χ4v) is 2.79. The number of nitrogens with zero attached hydrogens (tertiary/aromatic N) is 4. The Morgan fingerprint density at radius 3 is 2.00 bits per heavy atom. The molecule has 2 rings (SSSR count). The predicted molar refractivity (Wildman–Crippen MR) is 105 cm³/mol. The van der Waals surface area contributed by atoms with E-state index in [0.717, 1.165) is 38.4 Å². The monoisotopic (exact) mass is 401 g/mol. The van der Waals surface area contributed by atoms with Gasteiger partial charge < -0.3 is 10.6 Å². The summed E-state index contributed by atoms with van der Waals surface area (Å²) in [5.74, 6) is 0.0379. The van der Waals surface area contributed by atoms with Gasteiger partial charge in [0.15, 0.2) is 0 Å². The lowest BCUT2D eigenvalue weighted by Crippen LogP contribution is -2.56. The minimum Gasteiger partial charge on any atom is -0.339 e. The molecular formula is C15H30Cl3N5O. The summed E-state index contributed by atoms with van der Waals surface area (Å²) in [5, 5.41) is 4.46. The van der Waals surface area contributed by atoms with Gasteiger partial charge in [-0.05, 0) is 27.7 Å². The Morgan fingerprint density at radius 2 is 1.62 bits per heavy atom. The van der Waals surface area contributed by atoms with E-state index >= 15 is 0 Å². The Labute approximate surface area is 163 Å². The highest BCUT2D eigenvalue weighted by Gasteiger charge is 2.30. The second-order valence-electron chi connectivity index (χ2n) is 6.56. The van der Waals surface area contributed by atoms with Gasteiger partial charge in [0.05, 0.1) is 11.2 Å². The number of piperazine rings is 1. The zero-order chi connectivity index (χ0) is 15.8. The second-order valence-corrected chi connectivity index (χ2v) is 6.56. The minimum atomic E-state index is -0.779. The van der Waals surface area contributed by atoms with Crippen molar-refractivity contribution in [1.29, 1.82) is 0 Å². The van der Waals surface area contributed by atoms with Crippen molar-refractivity contribution in [3.63, 3.8) is 0 Å². The zero-order valence-corrected chi connectivity index (χ0v) is 17.5. The average molecular weight is 403 g/mol. The van der Waals surface area contributed by atoms with E-state index in [1.54, 1.807) is 13.8 Å². The minimum absolute atomic E-state index is 0. The Balaban J connectivity index is 0. The molecule has 0 spiro atoms. The number of hydrogen-bond donors (Lipinski definition) is 1. The second kappa shape index (κ2) is 9.82. The summed E-state index contributed by atoms with van der Waals surface area (Å²) in [4.78, 5) is 16.4. The highest BCUT2D eigenvalue weighted by Crippen LogP contribution is 2.16. The SMILES string of the molecule is Cc1nn(C)c(C)c1CN1CCN(C(=O)C(C)(C)N)CC1.Cl.Cl.Cl. The summed E-state index contributed by atoms with van der Waals surface area (Å²) in [6.45, 7) is 11.9. The van der Waals surface area contributed by atoms with Crippen LogP contribution in [0, 0.1) is 13.8 Å². The van der Waals surface area contributed by atoms with E-state index < -0.39 is 5.54 Å². The Hall–Kier alpha value is -0.530. The molecule has 0 radical (unpaired) electrons. The molecule has 0 aliphatic carbocycles. The van der Waals surface area contributed by atoms with Crippen LogP contribution >= 0.6 is 37.2 Å². The van der Waals surface area contributed by atoms with Crippen molar-refractivity contribution in [2.24, 2.45) is 12.8 Å². The van der Waals surface area contributed by atoms with Crippen LogP contribution in [0.15, 0.2) is 0 Å². The standard InChI is InChI=1S/C15H27N5O.3ClH/c1-11-13(12(2)18(5)17-11)10-19-6-8-20(9-7-19)14(21)15(3,4)16;;;/h6-10,16H2,1-5H3;3*1H. The largest absolute Gasteiger partial charge is 0.339 e. The first-order valence-electron chi connectivity index (χ1n) is 7.50. The normalized spacial score (nSPS) is 15.2. The summed E-state index contributed by atoms with van der Waals surface area (Å²) in [6.07, 6.45) is 0. The highest BCUT2D eigenvalue weighted by molar-refractivity contribution is 5.86. The number of hydrogen-bond acceptors (Lipinski definition) is 4. The van der Waals surface area contributed by atoms with Gasteiger partial charge in [-0.1, -0.05) is 0 Å². The molecule has 2 heterocycles. The summed E-state index contributed by atoms with van der Waals surface area (Å²) >= 11 is 0. The maximum Gasteiger partial charge on any atom is 0.242 e. The summed E-state index contributed by atoms with van der Waals surface area (Å²) in [6, 6.07) is 0. The van der Waals surface area contributed by atoms with E-state index in [0.29, 0.717) is 0 Å². The molecule has 2 N–H and O–H groups in total. The van der Waals surface area contributed by atoms with Crippen LogP contribution < -0.4 is 5.73 Å². The number of aryl methyl sites for hydroxylation is 2. The van der Waals surface area contributed by atoms with E-state index in [1.165, 1.54) is 11.3 Å². The van der Waals surface area contributed by atoms with E-state index in [1.807, 2.05) is 16.6 Å². The molecule has 0 saturated carbocycles. The van der Waals surface area contributed by atoms with Crippen LogP contribution in [0.25, 0.3) is 0 Å². The number of aromatic nitrogens is 2. The molecule has 9 heteroatoms. The maximum atomic E-state index is 12.2. The molecule has 24 heavy (non-hydrogen) atoms. The zero-order valence-electron chi connectivity index (χ0n) is 15.0. The van der Waals surface area contributed by atoms with Crippen molar-refractivity contribution in [2.45, 2.75) is 39.8 Å². The van der Waals surface area contributed by atoms with Crippen LogP contribution in [0.1, 0.15) is 30.8 Å². The smallest absolute Gasteiger partial charge is 0.242 e. The third-order valence-electron chi connectivity index (χ3n) is 4.25. The Morgan fingerprint density at radius 1 is 1.12 bits per heavy atom. The molecular weight excluding hydrogens is 373 g/mol. The molecule has 1 fully saturated rings. The van der Waals surface area contributed by atoms with Gasteiger partial charge in [0.1, 0.15) is 0 Å². The van der Waals surface area contributed by atoms with Crippen LogP contribution in [0.4, 0.5) is 0 Å². The number of amides is 1. The molecule has 0 aromatic carbocycles. The number of carbonyl (C=O) groups is 1. The molecule has 1 amide bonds. The predicted octanol–water partition coefficient (Wildman–Crippen LogP) is 1.68. The third kappa shape index (κ3) is 5.77. The van der Waals surface area contributed by atoms with Gasteiger partial charge >= 0.3 is 0 Å². The van der Waals surface area contributed by atoms with Gasteiger partial charge in [0.25, 0.3) is 0 Å². The lowest BCUT2D eigenvalue weighted by atomic mass is 10.0. The lowest BCUT2D eigenvalue weighted by Gasteiger charge is -2.37. The van der Waals surface area contributed by atoms with Crippen molar-refractivity contribution < 1.29 is 4.79 Å². The Bertz CT molecular complexity index is 534. The number of rotatable bonds is 3. The van der Waals surface area contributed by atoms with E-state index in [2.05, 4.69) is 23.8 Å². The van der Waals surface area contributed by atoms with Crippen molar-refractivity contribution in [3.05, 3.63) is 17.0 Å². The number of carbonyl (C=O) groups excluding carboxylic acids is 1. The van der Waals surface area contributed by atoms with Crippen molar-refractivity contribution in [2.75, 3.05) is 26.2 Å². The van der Waals surface area contributed by atoms with Crippen LogP contribution in [0.5, 0.6) is 0 Å². The number of nitrogens with two attached hydrogens (primary N) is 1. The van der Waals surface area contributed by atoms with E-state index in [-0.39, 0.29) is 43.1 Å². The van der Waals surface area contributed by atoms with E-state index in [4.69, 9.17) is 5.73 Å². The van der Waals surface area contributed by atoms with Crippen LogP contribution in [-0.2, 0) is 18.4 Å². The summed E-state index contributed by atoms with van der Waals surface area (Å²) in [7, 11) is 1.98. The molecule has 1 saturated heterocycles. The van der Waals surface area contributed by atoms with Crippen molar-refractivity contribution >= 4 is 43.1 Å². The third-order valence-corrected chi connectivity index (χ3v) is 4.25. The van der Waals surface area contributed by atoms with Gasteiger partial charge in [0.2, 0.25) is 5.91 Å². The molecule has 6 nitrogen and oxygen atoms in total. The average Bonchev–Trinajstić information content (AvgIpc) is 2.64. The fraction of sp³-hybridized carbons (Fsp3) is 0.733. The quantitative estimate of drug-likeness (QED) is 0.835. The Kier molecular flexibility index (Phi) is 10.5. The van der Waals surface area contributed by atoms with Gasteiger partial charge in [-0.15, -0.1) is 37.2 Å². The molecule has 0 atom stereocenters. The summed E-state index contributed by atoms with van der Waals surface area (Å²) < 4.78 is 1.93. The van der Waals surface area contributed by atoms with Crippen molar-refractivity contribution in [3.8, 4) is 0 Å². The summed E-state index contributed by atoms with van der Waals surface area (Å²) in [5.41, 5.74) is 8.73. The van der Waals surface area contributed by atoms with Crippen LogP contribution in [0.2, 0.25) is 0 Å². The molecule has 1 aromatic rings. The lowest BCUT2D eigenvalue weighted by molar-refractivity contribution is -0.137. The highest BCUT2D eigenvalue weighted by atomic mass is 35.5. The van der Waals surface area contributed by atoms with Gasteiger partial charge in [-0.25, -0.2) is 0 Å². The maximum absolute atomic E-state index is 12.2. The van der Waals surface area contributed by atoms with Gasteiger partial charge in [-0.2, -0.15) is 5.10 Å². The molecule has 1 aliphatic heterocycles. The fourth-order valence-electron chi connectivity index (χ4n) is 2.79. The first-order valence-corrected chi connectivity index (χ1v) is 7.50. The van der Waals surface area contributed by atoms with Crippen molar-refractivity contribution in [1.82, 2.24) is 19.6 Å². The van der Waals surface area contributed by atoms with Gasteiger partial charge in [-0.3, -0.25) is 14.4 Å².